The van der Waals surface area contributed by atoms with Gasteiger partial charge in [0.15, 0.2) is 0 Å². The van der Waals surface area contributed by atoms with E-state index in [0.29, 0.717) is 17.6 Å². The standard InChI is InChI=1S/C16H24N4O/c1-6-12-9-18-8-7-13(12)15-19-16(21-20-15)14(10(2)3)11(4)17-5/h7-11,14,17H,6H2,1-5H3. The first-order valence-electron chi connectivity index (χ1n) is 7.52. The Morgan fingerprint density at radius 2 is 2.05 bits per heavy atom. The molecular formula is C16H24N4O. The maximum Gasteiger partial charge on any atom is 0.231 e. The number of hydrogen-bond acceptors (Lipinski definition) is 5. The first-order chi connectivity index (χ1) is 10.1. The first kappa shape index (κ1) is 15.6. The Kier molecular flexibility index (Phi) is 5.07. The van der Waals surface area contributed by atoms with Gasteiger partial charge < -0.3 is 9.84 Å². The van der Waals surface area contributed by atoms with E-state index in [2.05, 4.69) is 48.1 Å². The fourth-order valence-electron chi connectivity index (χ4n) is 2.66. The second-order valence-electron chi connectivity index (χ2n) is 5.69. The second-order valence-corrected chi connectivity index (χ2v) is 5.69. The van der Waals surface area contributed by atoms with E-state index in [1.165, 1.54) is 0 Å². The summed E-state index contributed by atoms with van der Waals surface area (Å²) in [7, 11) is 1.95. The smallest absolute Gasteiger partial charge is 0.231 e. The summed E-state index contributed by atoms with van der Waals surface area (Å²) in [6.07, 6.45) is 4.52. The number of rotatable bonds is 6. The van der Waals surface area contributed by atoms with E-state index in [-0.39, 0.29) is 12.0 Å². The molecule has 0 radical (unpaired) electrons. The molecule has 2 aromatic rings. The largest absolute Gasteiger partial charge is 0.339 e. The molecule has 2 rings (SSSR count). The van der Waals surface area contributed by atoms with Gasteiger partial charge in [0, 0.05) is 24.0 Å². The summed E-state index contributed by atoms with van der Waals surface area (Å²) in [4.78, 5) is 8.79. The lowest BCUT2D eigenvalue weighted by molar-refractivity contribution is 0.286. The second kappa shape index (κ2) is 6.80. The van der Waals surface area contributed by atoms with E-state index < -0.39 is 0 Å². The van der Waals surface area contributed by atoms with Crippen LogP contribution in [0.1, 0.15) is 45.1 Å². The number of nitrogens with zero attached hydrogens (tertiary/aromatic N) is 3. The molecule has 2 atom stereocenters. The molecule has 1 N–H and O–H groups in total. The fraction of sp³-hybridized carbons (Fsp3) is 0.562. The molecule has 0 aliphatic heterocycles. The maximum absolute atomic E-state index is 5.54. The number of pyridine rings is 1. The van der Waals surface area contributed by atoms with Gasteiger partial charge in [-0.1, -0.05) is 25.9 Å². The summed E-state index contributed by atoms with van der Waals surface area (Å²) in [6, 6.07) is 2.22. The summed E-state index contributed by atoms with van der Waals surface area (Å²) >= 11 is 0. The van der Waals surface area contributed by atoms with E-state index in [1.54, 1.807) is 6.20 Å². The zero-order valence-corrected chi connectivity index (χ0v) is 13.4. The number of aromatic nitrogens is 3. The van der Waals surface area contributed by atoms with Crippen LogP contribution < -0.4 is 5.32 Å². The van der Waals surface area contributed by atoms with Crippen molar-refractivity contribution < 1.29 is 4.52 Å². The van der Waals surface area contributed by atoms with Gasteiger partial charge in [-0.2, -0.15) is 4.98 Å². The highest BCUT2D eigenvalue weighted by atomic mass is 16.5. The molecular weight excluding hydrogens is 264 g/mol. The van der Waals surface area contributed by atoms with Crippen LogP contribution in [0.4, 0.5) is 0 Å². The van der Waals surface area contributed by atoms with E-state index >= 15 is 0 Å². The van der Waals surface area contributed by atoms with Gasteiger partial charge >= 0.3 is 0 Å². The zero-order chi connectivity index (χ0) is 15.4. The minimum absolute atomic E-state index is 0.197. The van der Waals surface area contributed by atoms with Crippen LogP contribution in [-0.2, 0) is 6.42 Å². The third-order valence-corrected chi connectivity index (χ3v) is 3.96. The van der Waals surface area contributed by atoms with Crippen molar-refractivity contribution in [1.29, 1.82) is 0 Å². The topological polar surface area (TPSA) is 63.8 Å². The maximum atomic E-state index is 5.54. The van der Waals surface area contributed by atoms with Gasteiger partial charge in [0.1, 0.15) is 0 Å². The van der Waals surface area contributed by atoms with Crippen molar-refractivity contribution >= 4 is 0 Å². The Morgan fingerprint density at radius 3 is 2.67 bits per heavy atom. The third-order valence-electron chi connectivity index (χ3n) is 3.96. The van der Waals surface area contributed by atoms with Crippen LogP contribution in [0.15, 0.2) is 23.0 Å². The zero-order valence-electron chi connectivity index (χ0n) is 13.4. The van der Waals surface area contributed by atoms with Gasteiger partial charge in [0.2, 0.25) is 11.7 Å². The molecule has 2 aromatic heterocycles. The van der Waals surface area contributed by atoms with Crippen LogP contribution in [0, 0.1) is 5.92 Å². The van der Waals surface area contributed by atoms with Crippen LogP contribution in [0.5, 0.6) is 0 Å². The third kappa shape index (κ3) is 3.29. The van der Waals surface area contributed by atoms with Crippen molar-refractivity contribution in [1.82, 2.24) is 20.4 Å². The fourth-order valence-corrected chi connectivity index (χ4v) is 2.66. The molecule has 0 fully saturated rings. The highest BCUT2D eigenvalue weighted by Crippen LogP contribution is 2.29. The molecule has 0 amide bonds. The minimum atomic E-state index is 0.197. The predicted molar refractivity (Wildman–Crippen MR) is 83.0 cm³/mol. The summed E-state index contributed by atoms with van der Waals surface area (Å²) in [6.45, 7) is 8.58. The Labute approximate surface area is 126 Å². The highest BCUT2D eigenvalue weighted by molar-refractivity contribution is 5.58. The Balaban J connectivity index is 2.36. The van der Waals surface area contributed by atoms with Crippen molar-refractivity contribution in [2.45, 2.75) is 46.1 Å². The summed E-state index contributed by atoms with van der Waals surface area (Å²) < 4.78 is 5.54. The monoisotopic (exact) mass is 288 g/mol. The molecule has 0 bridgehead atoms. The van der Waals surface area contributed by atoms with Crippen LogP contribution in [-0.4, -0.2) is 28.2 Å². The van der Waals surface area contributed by atoms with Gasteiger partial charge in [-0.05, 0) is 37.9 Å². The van der Waals surface area contributed by atoms with Crippen molar-refractivity contribution in [2.24, 2.45) is 5.92 Å². The molecule has 0 saturated heterocycles. The average molecular weight is 288 g/mol. The van der Waals surface area contributed by atoms with Crippen molar-refractivity contribution in [3.8, 4) is 11.4 Å². The van der Waals surface area contributed by atoms with Crippen LogP contribution in [0.3, 0.4) is 0 Å². The Morgan fingerprint density at radius 1 is 1.29 bits per heavy atom. The molecule has 0 aliphatic rings. The number of nitrogens with one attached hydrogen (secondary N) is 1. The lowest BCUT2D eigenvalue weighted by atomic mass is 9.89. The van der Waals surface area contributed by atoms with Crippen LogP contribution in [0.25, 0.3) is 11.4 Å². The molecule has 2 unspecified atom stereocenters. The minimum Gasteiger partial charge on any atom is -0.339 e. The van der Waals surface area contributed by atoms with Crippen molar-refractivity contribution in [3.05, 3.63) is 29.9 Å². The van der Waals surface area contributed by atoms with E-state index in [1.807, 2.05) is 19.3 Å². The van der Waals surface area contributed by atoms with Gasteiger partial charge in [-0.15, -0.1) is 0 Å². The number of aryl methyl sites for hydroxylation is 1. The van der Waals surface area contributed by atoms with Gasteiger partial charge in [-0.25, -0.2) is 0 Å². The van der Waals surface area contributed by atoms with E-state index in [0.717, 1.165) is 17.5 Å². The van der Waals surface area contributed by atoms with Crippen LogP contribution >= 0.6 is 0 Å². The Bertz CT molecular complexity index is 579. The lowest BCUT2D eigenvalue weighted by Crippen LogP contribution is -2.32. The molecule has 5 nitrogen and oxygen atoms in total. The SMILES string of the molecule is CCc1cnccc1-c1noc(C(C(C)C)C(C)NC)n1. The molecule has 5 heteroatoms. The first-order valence-corrected chi connectivity index (χ1v) is 7.52. The molecule has 21 heavy (non-hydrogen) atoms. The van der Waals surface area contributed by atoms with E-state index in [9.17, 15) is 0 Å². The van der Waals surface area contributed by atoms with E-state index in [4.69, 9.17) is 4.52 Å². The summed E-state index contributed by atoms with van der Waals surface area (Å²) in [5.41, 5.74) is 2.13. The lowest BCUT2D eigenvalue weighted by Gasteiger charge is -2.23. The molecule has 0 aliphatic carbocycles. The number of likely N-dealkylation sites (N-methyl/N-ethyl adjacent to an activating group) is 1. The average Bonchev–Trinajstić information content (AvgIpc) is 2.96. The molecule has 114 valence electrons. The van der Waals surface area contributed by atoms with Crippen molar-refractivity contribution in [3.63, 3.8) is 0 Å². The quantitative estimate of drug-likeness (QED) is 0.885. The number of hydrogen-bond donors (Lipinski definition) is 1. The molecule has 2 heterocycles. The molecule has 0 saturated carbocycles. The molecule has 0 aromatic carbocycles. The summed E-state index contributed by atoms with van der Waals surface area (Å²) in [5, 5.41) is 7.45. The van der Waals surface area contributed by atoms with Crippen molar-refractivity contribution in [2.75, 3.05) is 7.05 Å². The Hall–Kier alpha value is -1.75. The van der Waals surface area contributed by atoms with Crippen LogP contribution in [0.2, 0.25) is 0 Å². The predicted octanol–water partition coefficient (Wildman–Crippen LogP) is 3.04. The van der Waals surface area contributed by atoms with Gasteiger partial charge in [0.25, 0.3) is 0 Å². The normalized spacial score (nSPS) is 14.4. The highest BCUT2D eigenvalue weighted by Gasteiger charge is 2.27. The summed E-state index contributed by atoms with van der Waals surface area (Å²) in [5.74, 6) is 1.96. The van der Waals surface area contributed by atoms with Gasteiger partial charge in [-0.3, -0.25) is 4.98 Å². The van der Waals surface area contributed by atoms with Gasteiger partial charge in [0.05, 0.1) is 5.92 Å². The molecule has 0 spiro atoms.